The second-order valence-corrected chi connectivity index (χ2v) is 7.67. The summed E-state index contributed by atoms with van der Waals surface area (Å²) in [4.78, 5) is 29.9. The number of anilines is 2. The van der Waals surface area contributed by atoms with Crippen molar-refractivity contribution in [3.05, 3.63) is 57.9 Å². The van der Waals surface area contributed by atoms with E-state index < -0.39 is 5.91 Å². The molecular weight excluding hydrogens is 410 g/mol. The molecule has 0 aliphatic carbocycles. The van der Waals surface area contributed by atoms with Gasteiger partial charge >= 0.3 is 0 Å². The molecule has 3 aromatic rings. The molecule has 0 unspecified atom stereocenters. The minimum Gasteiger partial charge on any atom is -0.496 e. The molecule has 150 valence electrons. The first-order valence-corrected chi connectivity index (χ1v) is 10.1. The van der Waals surface area contributed by atoms with Crippen LogP contribution in [0.25, 0.3) is 11.3 Å². The number of methoxy groups -OCH3 is 1. The lowest BCUT2D eigenvalue weighted by Crippen LogP contribution is -2.14. The molecule has 2 N–H and O–H groups in total. The van der Waals surface area contributed by atoms with E-state index in [4.69, 9.17) is 16.3 Å². The predicted octanol–water partition coefficient (Wildman–Crippen LogP) is 5.25. The van der Waals surface area contributed by atoms with Crippen molar-refractivity contribution in [1.29, 1.82) is 0 Å². The summed E-state index contributed by atoms with van der Waals surface area (Å²) in [5.41, 5.74) is 2.49. The van der Waals surface area contributed by atoms with Gasteiger partial charge in [-0.05, 0) is 12.5 Å². The molecule has 2 aromatic carbocycles. The molecule has 0 saturated carbocycles. The molecule has 0 radical (unpaired) electrons. The van der Waals surface area contributed by atoms with Crippen molar-refractivity contribution in [2.45, 2.75) is 20.3 Å². The van der Waals surface area contributed by atoms with E-state index in [1.807, 2.05) is 30.3 Å². The van der Waals surface area contributed by atoms with Gasteiger partial charge in [0.25, 0.3) is 5.91 Å². The quantitative estimate of drug-likeness (QED) is 0.561. The number of benzene rings is 2. The Kier molecular flexibility index (Phi) is 6.51. The fourth-order valence-electron chi connectivity index (χ4n) is 2.82. The second kappa shape index (κ2) is 9.07. The largest absolute Gasteiger partial charge is 0.496 e. The Balaban J connectivity index is 1.90. The van der Waals surface area contributed by atoms with E-state index in [0.29, 0.717) is 16.6 Å². The minimum absolute atomic E-state index is 0.240. The highest BCUT2D eigenvalue weighted by Crippen LogP contribution is 2.34. The van der Waals surface area contributed by atoms with Gasteiger partial charge in [-0.15, -0.1) is 11.3 Å². The average molecular weight is 430 g/mol. The summed E-state index contributed by atoms with van der Waals surface area (Å²) >= 11 is 7.65. The van der Waals surface area contributed by atoms with Gasteiger partial charge in [-0.1, -0.05) is 48.9 Å². The van der Waals surface area contributed by atoms with Crippen molar-refractivity contribution in [2.24, 2.45) is 0 Å². The average Bonchev–Trinajstić information content (AvgIpc) is 3.12. The molecule has 0 atom stereocenters. The van der Waals surface area contributed by atoms with E-state index in [2.05, 4.69) is 22.5 Å². The van der Waals surface area contributed by atoms with Crippen LogP contribution in [0.15, 0.2) is 42.5 Å². The predicted molar refractivity (Wildman–Crippen MR) is 117 cm³/mol. The van der Waals surface area contributed by atoms with Crippen molar-refractivity contribution in [1.82, 2.24) is 4.98 Å². The molecule has 2 amide bonds. The van der Waals surface area contributed by atoms with E-state index in [9.17, 15) is 9.59 Å². The fraction of sp³-hybridized carbons (Fsp3) is 0.190. The summed E-state index contributed by atoms with van der Waals surface area (Å²) in [5, 5.41) is 6.17. The highest BCUT2D eigenvalue weighted by Gasteiger charge is 2.19. The zero-order chi connectivity index (χ0) is 21.0. The molecule has 0 aliphatic rings. The highest BCUT2D eigenvalue weighted by atomic mass is 35.5. The standard InChI is InChI=1S/C21H20ClN3O3S/c1-4-18-19(13-8-6-5-7-9-13)24-21(29-18)25-20(27)14-10-15(22)16(23-12(2)26)11-17(14)28-3/h5-11H,4H2,1-3H3,(H,23,26)(H,24,25,27). The van der Waals surface area contributed by atoms with Crippen LogP contribution in [-0.4, -0.2) is 23.9 Å². The number of aromatic nitrogens is 1. The molecule has 0 spiro atoms. The molecule has 0 bridgehead atoms. The Bertz CT molecular complexity index is 1050. The van der Waals surface area contributed by atoms with Gasteiger partial charge in [-0.2, -0.15) is 0 Å². The summed E-state index contributed by atoms with van der Waals surface area (Å²) < 4.78 is 5.31. The molecule has 0 aliphatic heterocycles. The molecule has 3 rings (SSSR count). The monoisotopic (exact) mass is 429 g/mol. The summed E-state index contributed by atoms with van der Waals surface area (Å²) in [6, 6.07) is 12.8. The van der Waals surface area contributed by atoms with E-state index in [1.165, 1.54) is 37.5 Å². The number of carbonyl (C=O) groups is 2. The molecule has 0 fully saturated rings. The van der Waals surface area contributed by atoms with Gasteiger partial charge in [-0.25, -0.2) is 4.98 Å². The maximum Gasteiger partial charge on any atom is 0.261 e. The number of nitrogens with one attached hydrogen (secondary N) is 2. The smallest absolute Gasteiger partial charge is 0.261 e. The minimum atomic E-state index is -0.394. The van der Waals surface area contributed by atoms with Crippen LogP contribution in [0.5, 0.6) is 5.75 Å². The number of rotatable bonds is 6. The van der Waals surface area contributed by atoms with Crippen LogP contribution in [0.4, 0.5) is 10.8 Å². The maximum atomic E-state index is 12.9. The first kappa shape index (κ1) is 20.8. The SMILES string of the molecule is CCc1sc(NC(=O)c2cc(Cl)c(NC(C)=O)cc2OC)nc1-c1ccccc1. The molecule has 8 heteroatoms. The summed E-state index contributed by atoms with van der Waals surface area (Å²) in [7, 11) is 1.45. The van der Waals surface area contributed by atoms with Crippen molar-refractivity contribution in [3.8, 4) is 17.0 Å². The van der Waals surface area contributed by atoms with Gasteiger partial charge in [0.2, 0.25) is 5.91 Å². The third-order valence-corrected chi connectivity index (χ3v) is 5.56. The number of amides is 2. The lowest BCUT2D eigenvalue weighted by Gasteiger charge is -2.12. The number of thiazole rings is 1. The fourth-order valence-corrected chi connectivity index (χ4v) is 3.95. The lowest BCUT2D eigenvalue weighted by atomic mass is 10.1. The van der Waals surface area contributed by atoms with E-state index >= 15 is 0 Å². The van der Waals surface area contributed by atoms with E-state index in [-0.39, 0.29) is 16.5 Å². The molecular formula is C21H20ClN3O3S. The zero-order valence-electron chi connectivity index (χ0n) is 16.2. The van der Waals surface area contributed by atoms with Crippen LogP contribution in [0.2, 0.25) is 5.02 Å². The van der Waals surface area contributed by atoms with Gasteiger partial charge < -0.3 is 10.1 Å². The molecule has 6 nitrogen and oxygen atoms in total. The number of hydrogen-bond acceptors (Lipinski definition) is 5. The van der Waals surface area contributed by atoms with Crippen LogP contribution in [0.1, 0.15) is 29.1 Å². The normalized spacial score (nSPS) is 10.5. The number of nitrogens with zero attached hydrogens (tertiary/aromatic N) is 1. The number of hydrogen-bond donors (Lipinski definition) is 2. The Morgan fingerprint density at radius 2 is 1.90 bits per heavy atom. The third kappa shape index (κ3) is 4.75. The first-order chi connectivity index (χ1) is 13.9. The number of halogens is 1. The molecule has 1 aromatic heterocycles. The maximum absolute atomic E-state index is 12.9. The Morgan fingerprint density at radius 3 is 2.52 bits per heavy atom. The van der Waals surface area contributed by atoms with E-state index in [0.717, 1.165) is 22.6 Å². The number of carbonyl (C=O) groups excluding carboxylic acids is 2. The van der Waals surface area contributed by atoms with Gasteiger partial charge in [0.1, 0.15) is 5.75 Å². The number of aryl methyl sites for hydroxylation is 1. The molecule has 1 heterocycles. The highest BCUT2D eigenvalue weighted by molar-refractivity contribution is 7.16. The number of ether oxygens (including phenoxy) is 1. The summed E-state index contributed by atoms with van der Waals surface area (Å²) in [5.74, 6) is -0.366. The van der Waals surface area contributed by atoms with Crippen LogP contribution in [0.3, 0.4) is 0 Å². The van der Waals surface area contributed by atoms with Crippen LogP contribution in [-0.2, 0) is 11.2 Å². The van der Waals surface area contributed by atoms with Gasteiger partial charge in [-0.3, -0.25) is 14.9 Å². The topological polar surface area (TPSA) is 80.3 Å². The first-order valence-electron chi connectivity index (χ1n) is 8.94. The van der Waals surface area contributed by atoms with Gasteiger partial charge in [0, 0.05) is 23.4 Å². The van der Waals surface area contributed by atoms with Gasteiger partial charge in [0.15, 0.2) is 5.13 Å². The summed E-state index contributed by atoms with van der Waals surface area (Å²) in [6.45, 7) is 3.43. The Labute approximate surface area is 177 Å². The third-order valence-electron chi connectivity index (χ3n) is 4.13. The van der Waals surface area contributed by atoms with Crippen molar-refractivity contribution in [2.75, 3.05) is 17.7 Å². The van der Waals surface area contributed by atoms with Crippen molar-refractivity contribution in [3.63, 3.8) is 0 Å². The van der Waals surface area contributed by atoms with Crippen molar-refractivity contribution >= 4 is 45.6 Å². The summed E-state index contributed by atoms with van der Waals surface area (Å²) in [6.07, 6.45) is 0.804. The Hall–Kier alpha value is -2.90. The van der Waals surface area contributed by atoms with E-state index in [1.54, 1.807) is 0 Å². The second-order valence-electron chi connectivity index (χ2n) is 6.18. The Morgan fingerprint density at radius 1 is 1.17 bits per heavy atom. The lowest BCUT2D eigenvalue weighted by molar-refractivity contribution is -0.114. The molecule has 0 saturated heterocycles. The van der Waals surface area contributed by atoms with Crippen LogP contribution in [0, 0.1) is 0 Å². The molecule has 29 heavy (non-hydrogen) atoms. The van der Waals surface area contributed by atoms with Crippen LogP contribution < -0.4 is 15.4 Å². The van der Waals surface area contributed by atoms with Crippen molar-refractivity contribution < 1.29 is 14.3 Å². The van der Waals surface area contributed by atoms with Gasteiger partial charge in [0.05, 0.1) is 29.1 Å². The van der Waals surface area contributed by atoms with Crippen LogP contribution >= 0.6 is 22.9 Å². The zero-order valence-corrected chi connectivity index (χ0v) is 17.8.